The summed E-state index contributed by atoms with van der Waals surface area (Å²) in [4.78, 5) is 2.49. The van der Waals surface area contributed by atoms with E-state index in [1.807, 2.05) is 55.5 Å². The third-order valence-corrected chi connectivity index (χ3v) is 7.79. The maximum absolute atomic E-state index is 10.3. The first-order valence-electron chi connectivity index (χ1n) is 12.7. The topological polar surface area (TPSA) is 65.7 Å². The number of fused-ring (bicyclic) bond motifs is 1. The zero-order chi connectivity index (χ0) is 26.1. The molecule has 3 aromatic carbocycles. The van der Waals surface area contributed by atoms with Gasteiger partial charge in [0.2, 0.25) is 0 Å². The first-order valence-corrected chi connectivity index (χ1v) is 13.1. The van der Waals surface area contributed by atoms with Crippen molar-refractivity contribution in [1.82, 2.24) is 4.90 Å². The van der Waals surface area contributed by atoms with Gasteiger partial charge in [-0.3, -0.25) is 4.90 Å². The Kier molecular flexibility index (Phi) is 7.15. The van der Waals surface area contributed by atoms with Gasteiger partial charge in [-0.2, -0.15) is 5.26 Å². The van der Waals surface area contributed by atoms with Crippen molar-refractivity contribution in [2.24, 2.45) is 5.92 Å². The second-order valence-electron chi connectivity index (χ2n) is 10.1. The first-order chi connectivity index (χ1) is 17.9. The molecule has 190 valence electrons. The number of ether oxygens (including phenoxy) is 2. The van der Waals surface area contributed by atoms with Gasteiger partial charge in [0.05, 0.1) is 0 Å². The number of hydrogen-bond donors (Lipinski definition) is 1. The molecule has 0 saturated carbocycles. The molecule has 0 aliphatic carbocycles. The number of aromatic hydroxyl groups is 1. The minimum absolute atomic E-state index is 0.0692. The molecule has 0 radical (unpaired) electrons. The molecule has 0 spiro atoms. The Morgan fingerprint density at radius 1 is 1.16 bits per heavy atom. The molecule has 1 N–H and O–H groups in total. The van der Waals surface area contributed by atoms with E-state index in [1.165, 1.54) is 12.5 Å². The predicted molar refractivity (Wildman–Crippen MR) is 147 cm³/mol. The molecule has 2 aliphatic heterocycles. The highest BCUT2D eigenvalue weighted by Crippen LogP contribution is 2.50. The highest BCUT2D eigenvalue weighted by atomic mass is 35.5. The van der Waals surface area contributed by atoms with Gasteiger partial charge in [0.1, 0.15) is 41.6 Å². The summed E-state index contributed by atoms with van der Waals surface area (Å²) in [7, 11) is 0. The maximum atomic E-state index is 10.3. The average molecular weight is 515 g/mol. The molecule has 3 atom stereocenters. The van der Waals surface area contributed by atoms with Gasteiger partial charge in [0.15, 0.2) is 0 Å². The molecule has 1 saturated heterocycles. The number of phenols is 1. The lowest BCUT2D eigenvalue weighted by atomic mass is 9.84. The molecule has 37 heavy (non-hydrogen) atoms. The van der Waals surface area contributed by atoms with Crippen LogP contribution in [0.25, 0.3) is 11.1 Å². The monoisotopic (exact) mass is 514 g/mol. The molecule has 6 heteroatoms. The number of likely N-dealkylation sites (tertiary alicyclic amines) is 1. The number of hydrogen-bond acceptors (Lipinski definition) is 5. The van der Waals surface area contributed by atoms with E-state index in [4.69, 9.17) is 21.1 Å². The van der Waals surface area contributed by atoms with E-state index in [2.05, 4.69) is 24.8 Å². The molecule has 0 aromatic heterocycles. The van der Waals surface area contributed by atoms with E-state index in [1.54, 1.807) is 6.07 Å². The van der Waals surface area contributed by atoms with Gasteiger partial charge >= 0.3 is 0 Å². The van der Waals surface area contributed by atoms with Crippen LogP contribution < -0.4 is 9.47 Å². The van der Waals surface area contributed by atoms with Gasteiger partial charge < -0.3 is 14.6 Å². The summed E-state index contributed by atoms with van der Waals surface area (Å²) in [5.74, 6) is 2.05. The minimum atomic E-state index is -0.442. The van der Waals surface area contributed by atoms with Gasteiger partial charge in [-0.15, -0.1) is 0 Å². The van der Waals surface area contributed by atoms with Crippen molar-refractivity contribution >= 4 is 22.7 Å². The number of phenolic OH excluding ortho intramolecular Hbond substituents is 1. The van der Waals surface area contributed by atoms with Gasteiger partial charge in [0, 0.05) is 34.3 Å². The summed E-state index contributed by atoms with van der Waals surface area (Å²) in [6, 6.07) is 21.3. The van der Waals surface area contributed by atoms with Crippen molar-refractivity contribution in [2.45, 2.75) is 39.3 Å². The molecule has 5 rings (SSSR count). The van der Waals surface area contributed by atoms with Crippen molar-refractivity contribution in [3.63, 3.8) is 0 Å². The SMILES string of the molecule is CC1=C(c2ccccc2Cl)C(c2ccc(OC[C@H](C)N3CC[C@@H](C)C3)cc2)Oc2ccc(O)c(C#N)c21. The van der Waals surface area contributed by atoms with E-state index in [0.717, 1.165) is 47.0 Å². The Morgan fingerprint density at radius 2 is 1.92 bits per heavy atom. The van der Waals surface area contributed by atoms with Gasteiger partial charge in [0.25, 0.3) is 0 Å². The Morgan fingerprint density at radius 3 is 2.59 bits per heavy atom. The van der Waals surface area contributed by atoms with Crippen LogP contribution in [0.3, 0.4) is 0 Å². The van der Waals surface area contributed by atoms with Gasteiger partial charge in [-0.05, 0) is 74.2 Å². The third-order valence-electron chi connectivity index (χ3n) is 7.46. The number of benzene rings is 3. The van der Waals surface area contributed by atoms with Crippen LogP contribution in [0.5, 0.6) is 17.2 Å². The highest BCUT2D eigenvalue weighted by molar-refractivity contribution is 6.32. The van der Waals surface area contributed by atoms with Crippen molar-refractivity contribution < 1.29 is 14.6 Å². The lowest BCUT2D eigenvalue weighted by Gasteiger charge is -2.32. The largest absolute Gasteiger partial charge is 0.507 e. The third kappa shape index (κ3) is 4.92. The van der Waals surface area contributed by atoms with E-state index in [0.29, 0.717) is 29.0 Å². The number of allylic oxidation sites excluding steroid dienone is 1. The van der Waals surface area contributed by atoms with Crippen LogP contribution in [0, 0.1) is 17.2 Å². The molecule has 2 aliphatic rings. The molecular weight excluding hydrogens is 484 g/mol. The fraction of sp³-hybridized carbons (Fsp3) is 0.323. The smallest absolute Gasteiger partial charge is 0.150 e. The van der Waals surface area contributed by atoms with Crippen molar-refractivity contribution in [3.05, 3.63) is 87.9 Å². The lowest BCUT2D eigenvalue weighted by molar-refractivity contribution is 0.169. The van der Waals surface area contributed by atoms with Crippen LogP contribution in [0.2, 0.25) is 5.02 Å². The van der Waals surface area contributed by atoms with Crippen LogP contribution >= 0.6 is 11.6 Å². The highest BCUT2D eigenvalue weighted by Gasteiger charge is 2.32. The van der Waals surface area contributed by atoms with Crippen LogP contribution in [-0.4, -0.2) is 35.7 Å². The maximum Gasteiger partial charge on any atom is 0.150 e. The van der Waals surface area contributed by atoms with Crippen molar-refractivity contribution in [2.75, 3.05) is 19.7 Å². The fourth-order valence-electron chi connectivity index (χ4n) is 5.36. The van der Waals surface area contributed by atoms with E-state index < -0.39 is 6.10 Å². The Labute approximate surface area is 223 Å². The molecule has 5 nitrogen and oxygen atoms in total. The van der Waals surface area contributed by atoms with Crippen LogP contribution in [0.4, 0.5) is 0 Å². The Bertz CT molecular complexity index is 1380. The summed E-state index contributed by atoms with van der Waals surface area (Å²) >= 11 is 6.64. The van der Waals surface area contributed by atoms with Crippen LogP contribution in [0.1, 0.15) is 55.5 Å². The minimum Gasteiger partial charge on any atom is -0.507 e. The molecular formula is C31H31ClN2O3. The van der Waals surface area contributed by atoms with Gasteiger partial charge in [-0.1, -0.05) is 48.9 Å². The average Bonchev–Trinajstić information content (AvgIpc) is 3.34. The molecule has 1 fully saturated rings. The number of halogens is 1. The van der Waals surface area contributed by atoms with E-state index in [-0.39, 0.29) is 11.3 Å². The zero-order valence-corrected chi connectivity index (χ0v) is 22.1. The van der Waals surface area contributed by atoms with E-state index in [9.17, 15) is 10.4 Å². The second-order valence-corrected chi connectivity index (χ2v) is 10.5. The van der Waals surface area contributed by atoms with Crippen LogP contribution in [-0.2, 0) is 0 Å². The molecule has 2 heterocycles. The number of nitriles is 1. The molecule has 0 amide bonds. The summed E-state index contributed by atoms with van der Waals surface area (Å²) in [6.45, 7) is 9.37. The summed E-state index contributed by atoms with van der Waals surface area (Å²) in [5, 5.41) is 20.7. The van der Waals surface area contributed by atoms with E-state index >= 15 is 0 Å². The predicted octanol–water partition coefficient (Wildman–Crippen LogP) is 7.09. The quantitative estimate of drug-likeness (QED) is 0.380. The number of nitrogens with zero attached hydrogens (tertiary/aromatic N) is 2. The zero-order valence-electron chi connectivity index (χ0n) is 21.4. The van der Waals surface area contributed by atoms with Crippen molar-refractivity contribution in [1.29, 1.82) is 5.26 Å². The summed E-state index contributed by atoms with van der Waals surface area (Å²) < 4.78 is 12.6. The summed E-state index contributed by atoms with van der Waals surface area (Å²) in [6.07, 6.45) is 0.808. The summed E-state index contributed by atoms with van der Waals surface area (Å²) in [5.41, 5.74) is 4.28. The lowest BCUT2D eigenvalue weighted by Crippen LogP contribution is -2.35. The second kappa shape index (κ2) is 10.5. The Hall–Kier alpha value is -3.46. The Balaban J connectivity index is 1.46. The fourth-order valence-corrected chi connectivity index (χ4v) is 5.60. The van der Waals surface area contributed by atoms with Crippen LogP contribution in [0.15, 0.2) is 60.7 Å². The number of rotatable bonds is 6. The standard InChI is InChI=1S/C31H31ClN2O3/c1-19-14-15-34(17-19)20(2)18-36-23-10-8-22(9-11-23)31-30(24-6-4-5-7-26(24)32)21(3)29-25(16-33)27(35)12-13-28(29)37-31/h4-13,19-20,31,35H,14-15,17-18H2,1-3H3/t19-,20+,31?/m1/s1. The molecule has 3 aromatic rings. The van der Waals surface area contributed by atoms with Gasteiger partial charge in [-0.25, -0.2) is 0 Å². The molecule has 0 bridgehead atoms. The first kappa shape index (κ1) is 25.2. The molecule has 1 unspecified atom stereocenters. The van der Waals surface area contributed by atoms with Crippen molar-refractivity contribution in [3.8, 4) is 23.3 Å². The normalized spacial score (nSPS) is 20.2.